The summed E-state index contributed by atoms with van der Waals surface area (Å²) in [6, 6.07) is 10.1. The molecule has 0 radical (unpaired) electrons. The van der Waals surface area contributed by atoms with Crippen molar-refractivity contribution < 1.29 is 0 Å². The van der Waals surface area contributed by atoms with Gasteiger partial charge in [0.2, 0.25) is 0 Å². The van der Waals surface area contributed by atoms with E-state index in [1.807, 2.05) is 42.1 Å². The minimum atomic E-state index is 0.813. The van der Waals surface area contributed by atoms with Gasteiger partial charge in [-0.3, -0.25) is 9.58 Å². The summed E-state index contributed by atoms with van der Waals surface area (Å²) in [4.78, 5) is 7.08. The number of aryl methyl sites for hydroxylation is 1. The van der Waals surface area contributed by atoms with Gasteiger partial charge in [0.1, 0.15) is 5.82 Å². The first-order chi connectivity index (χ1) is 9.33. The number of nitrogens with zero attached hydrogens (tertiary/aromatic N) is 4. The second-order valence-electron chi connectivity index (χ2n) is 4.87. The molecule has 1 fully saturated rings. The zero-order chi connectivity index (χ0) is 13.1. The SMILES string of the molecule is Cn1nc(-c2ccccc2)nc1CN1CCNCC1. The third kappa shape index (κ3) is 2.83. The Bertz CT molecular complexity index is 528. The van der Waals surface area contributed by atoms with Crippen LogP contribution in [0.1, 0.15) is 5.82 Å². The van der Waals surface area contributed by atoms with Gasteiger partial charge in [-0.15, -0.1) is 0 Å². The lowest BCUT2D eigenvalue weighted by molar-refractivity contribution is 0.225. The Morgan fingerprint density at radius 2 is 1.89 bits per heavy atom. The topological polar surface area (TPSA) is 46.0 Å². The van der Waals surface area contributed by atoms with Gasteiger partial charge in [0.05, 0.1) is 6.54 Å². The lowest BCUT2D eigenvalue weighted by Crippen LogP contribution is -2.43. The number of aromatic nitrogens is 3. The van der Waals surface area contributed by atoms with Gasteiger partial charge >= 0.3 is 0 Å². The first-order valence-corrected chi connectivity index (χ1v) is 6.71. The van der Waals surface area contributed by atoms with E-state index in [9.17, 15) is 0 Å². The van der Waals surface area contributed by atoms with E-state index in [0.717, 1.165) is 49.9 Å². The van der Waals surface area contributed by atoms with Crippen LogP contribution in [0, 0.1) is 0 Å². The number of benzene rings is 1. The van der Waals surface area contributed by atoms with Gasteiger partial charge in [-0.25, -0.2) is 4.98 Å². The third-order valence-electron chi connectivity index (χ3n) is 3.46. The maximum atomic E-state index is 4.66. The van der Waals surface area contributed by atoms with Crippen molar-refractivity contribution >= 4 is 0 Å². The van der Waals surface area contributed by atoms with Crippen LogP contribution < -0.4 is 5.32 Å². The number of hydrogen-bond acceptors (Lipinski definition) is 4. The van der Waals surface area contributed by atoms with Crippen LogP contribution in [0.4, 0.5) is 0 Å². The maximum absolute atomic E-state index is 4.66. The van der Waals surface area contributed by atoms with Crippen LogP contribution in [-0.2, 0) is 13.6 Å². The molecule has 0 saturated carbocycles. The second kappa shape index (κ2) is 5.50. The second-order valence-corrected chi connectivity index (χ2v) is 4.87. The smallest absolute Gasteiger partial charge is 0.181 e. The summed E-state index contributed by atoms with van der Waals surface area (Å²) in [7, 11) is 1.97. The summed E-state index contributed by atoms with van der Waals surface area (Å²) in [5, 5.41) is 7.87. The molecule has 1 saturated heterocycles. The van der Waals surface area contributed by atoms with E-state index in [4.69, 9.17) is 0 Å². The van der Waals surface area contributed by atoms with Crippen LogP contribution in [0.25, 0.3) is 11.4 Å². The van der Waals surface area contributed by atoms with Gasteiger partial charge in [0.25, 0.3) is 0 Å². The van der Waals surface area contributed by atoms with Crippen molar-refractivity contribution in [3.63, 3.8) is 0 Å². The average molecular weight is 257 g/mol. The quantitative estimate of drug-likeness (QED) is 0.887. The molecule has 2 aromatic rings. The van der Waals surface area contributed by atoms with E-state index in [2.05, 4.69) is 20.3 Å². The van der Waals surface area contributed by atoms with Gasteiger partial charge in [0.15, 0.2) is 5.82 Å². The van der Waals surface area contributed by atoms with Crippen molar-refractivity contribution in [1.82, 2.24) is 25.0 Å². The zero-order valence-electron chi connectivity index (χ0n) is 11.2. The van der Waals surface area contributed by atoms with E-state index in [1.54, 1.807) is 0 Å². The Kier molecular flexibility index (Phi) is 3.57. The Morgan fingerprint density at radius 3 is 2.63 bits per heavy atom. The first kappa shape index (κ1) is 12.3. The molecule has 1 aliphatic heterocycles. The average Bonchev–Trinajstić information content (AvgIpc) is 2.82. The summed E-state index contributed by atoms with van der Waals surface area (Å²) in [6.45, 7) is 5.14. The molecule has 0 bridgehead atoms. The molecule has 0 atom stereocenters. The van der Waals surface area contributed by atoms with Crippen molar-refractivity contribution in [2.45, 2.75) is 6.54 Å². The van der Waals surface area contributed by atoms with E-state index in [1.165, 1.54) is 0 Å². The molecule has 5 nitrogen and oxygen atoms in total. The summed E-state index contributed by atoms with van der Waals surface area (Å²) < 4.78 is 1.89. The molecule has 100 valence electrons. The molecule has 0 aliphatic carbocycles. The molecule has 0 unspecified atom stereocenters. The fraction of sp³-hybridized carbons (Fsp3) is 0.429. The molecule has 2 heterocycles. The van der Waals surface area contributed by atoms with E-state index in [0.29, 0.717) is 0 Å². The van der Waals surface area contributed by atoms with E-state index in [-0.39, 0.29) is 0 Å². The normalized spacial score (nSPS) is 16.7. The molecule has 5 heteroatoms. The Morgan fingerprint density at radius 1 is 1.16 bits per heavy atom. The van der Waals surface area contributed by atoms with Gasteiger partial charge in [-0.1, -0.05) is 30.3 Å². The summed E-state index contributed by atoms with van der Waals surface area (Å²) in [5.41, 5.74) is 1.07. The Hall–Kier alpha value is -1.72. The number of piperazine rings is 1. The lowest BCUT2D eigenvalue weighted by Gasteiger charge is -2.26. The molecule has 3 rings (SSSR count). The molecular formula is C14H19N5. The molecule has 0 amide bonds. The van der Waals surface area contributed by atoms with Gasteiger partial charge in [-0.2, -0.15) is 5.10 Å². The highest BCUT2D eigenvalue weighted by Gasteiger charge is 2.14. The number of rotatable bonds is 3. The molecule has 1 aromatic carbocycles. The number of hydrogen-bond donors (Lipinski definition) is 1. The first-order valence-electron chi connectivity index (χ1n) is 6.71. The molecule has 0 spiro atoms. The fourth-order valence-corrected chi connectivity index (χ4v) is 2.33. The van der Waals surface area contributed by atoms with E-state index < -0.39 is 0 Å². The predicted molar refractivity (Wildman–Crippen MR) is 74.6 cm³/mol. The van der Waals surface area contributed by atoms with Crippen LogP contribution >= 0.6 is 0 Å². The van der Waals surface area contributed by atoms with Gasteiger partial charge < -0.3 is 5.32 Å². The largest absolute Gasteiger partial charge is 0.314 e. The molecule has 1 N–H and O–H groups in total. The van der Waals surface area contributed by atoms with Crippen molar-refractivity contribution in [2.75, 3.05) is 26.2 Å². The molecule has 1 aliphatic rings. The highest BCUT2D eigenvalue weighted by Crippen LogP contribution is 2.15. The van der Waals surface area contributed by atoms with Crippen LogP contribution in [0.2, 0.25) is 0 Å². The molecule has 19 heavy (non-hydrogen) atoms. The summed E-state index contributed by atoms with van der Waals surface area (Å²) in [6.07, 6.45) is 0. The zero-order valence-corrected chi connectivity index (χ0v) is 11.2. The Balaban J connectivity index is 1.77. The maximum Gasteiger partial charge on any atom is 0.181 e. The minimum Gasteiger partial charge on any atom is -0.314 e. The summed E-state index contributed by atoms with van der Waals surface area (Å²) in [5.74, 6) is 1.84. The third-order valence-corrected chi connectivity index (χ3v) is 3.46. The van der Waals surface area contributed by atoms with E-state index >= 15 is 0 Å². The highest BCUT2D eigenvalue weighted by molar-refractivity contribution is 5.53. The monoisotopic (exact) mass is 257 g/mol. The summed E-state index contributed by atoms with van der Waals surface area (Å²) >= 11 is 0. The molecule has 1 aromatic heterocycles. The van der Waals surface area contributed by atoms with Gasteiger partial charge in [-0.05, 0) is 0 Å². The molecular weight excluding hydrogens is 238 g/mol. The predicted octanol–water partition coefficient (Wildman–Crippen LogP) is 0.887. The standard InChI is InChI=1S/C14H19N5/c1-18-13(11-19-9-7-15-8-10-19)16-14(17-18)12-5-3-2-4-6-12/h2-6,15H,7-11H2,1H3. The van der Waals surface area contributed by atoms with Crippen molar-refractivity contribution in [1.29, 1.82) is 0 Å². The van der Waals surface area contributed by atoms with Crippen molar-refractivity contribution in [2.24, 2.45) is 7.05 Å². The van der Waals surface area contributed by atoms with Crippen molar-refractivity contribution in [3.05, 3.63) is 36.2 Å². The van der Waals surface area contributed by atoms with Gasteiger partial charge in [0, 0.05) is 38.8 Å². The van der Waals surface area contributed by atoms with Crippen molar-refractivity contribution in [3.8, 4) is 11.4 Å². The lowest BCUT2D eigenvalue weighted by atomic mass is 10.2. The Labute approximate surface area is 113 Å². The van der Waals surface area contributed by atoms with Crippen LogP contribution in [0.5, 0.6) is 0 Å². The fourth-order valence-electron chi connectivity index (χ4n) is 2.33. The van der Waals surface area contributed by atoms with Crippen LogP contribution in [0.3, 0.4) is 0 Å². The number of nitrogens with one attached hydrogen (secondary N) is 1. The highest BCUT2D eigenvalue weighted by atomic mass is 15.4. The minimum absolute atomic E-state index is 0.813. The van der Waals surface area contributed by atoms with Crippen LogP contribution in [-0.4, -0.2) is 45.8 Å². The van der Waals surface area contributed by atoms with Crippen LogP contribution in [0.15, 0.2) is 30.3 Å².